The Kier molecular flexibility index (Phi) is 6.65. The molecule has 134 valence electrons. The third-order valence-corrected chi connectivity index (χ3v) is 3.74. The molecule has 2 aromatic carbocycles. The van der Waals surface area contributed by atoms with E-state index in [9.17, 15) is 9.90 Å². The number of carbonyl (C=O) groups excluding carboxylic acids is 1. The van der Waals surface area contributed by atoms with E-state index in [1.807, 2.05) is 18.2 Å². The third kappa shape index (κ3) is 5.12. The van der Waals surface area contributed by atoms with Crippen LogP contribution in [0.3, 0.4) is 0 Å². The number of nitrogens with one attached hydrogen (secondary N) is 1. The molecule has 6 heteroatoms. The topological polar surface area (TPSA) is 77.0 Å². The highest BCUT2D eigenvalue weighted by molar-refractivity contribution is 5.78. The highest BCUT2D eigenvalue weighted by Gasteiger charge is 2.16. The molecule has 0 aliphatic carbocycles. The largest absolute Gasteiger partial charge is 0.504 e. The average Bonchev–Trinajstić information content (AvgIpc) is 2.63. The summed E-state index contributed by atoms with van der Waals surface area (Å²) in [5, 5.41) is 12.7. The highest BCUT2D eigenvalue weighted by Crippen LogP contribution is 2.27. The minimum absolute atomic E-state index is 0.0617. The second-order valence-electron chi connectivity index (χ2n) is 5.50. The monoisotopic (exact) mass is 345 g/mol. The number of para-hydroxylation sites is 2. The number of phenolic OH excluding ortho intramolecular Hbond substituents is 1. The number of rotatable bonds is 8. The number of phenols is 1. The van der Waals surface area contributed by atoms with Crippen molar-refractivity contribution in [3.63, 3.8) is 0 Å². The normalized spacial score (nSPS) is 11.6. The molecule has 2 rings (SSSR count). The number of methoxy groups -OCH3 is 2. The van der Waals surface area contributed by atoms with Crippen LogP contribution in [0.5, 0.6) is 23.0 Å². The van der Waals surface area contributed by atoms with Crippen molar-refractivity contribution in [1.82, 2.24) is 5.32 Å². The van der Waals surface area contributed by atoms with Crippen LogP contribution in [-0.2, 0) is 11.2 Å². The molecule has 0 saturated heterocycles. The maximum atomic E-state index is 12.1. The van der Waals surface area contributed by atoms with E-state index in [0.717, 1.165) is 5.56 Å². The Morgan fingerprint density at radius 2 is 1.80 bits per heavy atom. The van der Waals surface area contributed by atoms with Gasteiger partial charge in [0.15, 0.2) is 23.0 Å². The fourth-order valence-electron chi connectivity index (χ4n) is 2.29. The van der Waals surface area contributed by atoms with E-state index in [1.165, 1.54) is 6.07 Å². The van der Waals surface area contributed by atoms with Gasteiger partial charge in [0.25, 0.3) is 0 Å². The van der Waals surface area contributed by atoms with Crippen LogP contribution in [0.2, 0.25) is 0 Å². The first-order chi connectivity index (χ1) is 12.0. The molecule has 6 nitrogen and oxygen atoms in total. The minimum atomic E-state index is -0.500. The van der Waals surface area contributed by atoms with Gasteiger partial charge in [-0.05, 0) is 49.7 Å². The molecule has 2 aromatic rings. The number of hydrogen-bond donors (Lipinski definition) is 2. The minimum Gasteiger partial charge on any atom is -0.504 e. The first kappa shape index (κ1) is 18.6. The van der Waals surface area contributed by atoms with Gasteiger partial charge in [0.05, 0.1) is 14.2 Å². The van der Waals surface area contributed by atoms with Crippen LogP contribution >= 0.6 is 0 Å². The average molecular weight is 345 g/mol. The molecule has 1 atom stereocenters. The molecule has 0 fully saturated rings. The Morgan fingerprint density at radius 3 is 2.48 bits per heavy atom. The molecule has 0 bridgehead atoms. The summed E-state index contributed by atoms with van der Waals surface area (Å²) in [6, 6.07) is 11.6. The van der Waals surface area contributed by atoms with Gasteiger partial charge in [-0.3, -0.25) is 0 Å². The van der Waals surface area contributed by atoms with Gasteiger partial charge in [-0.15, -0.1) is 0 Å². The number of ether oxygens (including phenoxy) is 3. The zero-order chi connectivity index (χ0) is 18.2. The molecular formula is C19H23NO5. The molecular weight excluding hydrogens is 322 g/mol. The van der Waals surface area contributed by atoms with E-state index in [1.54, 1.807) is 39.3 Å². The van der Waals surface area contributed by atoms with Crippen LogP contribution in [0.25, 0.3) is 0 Å². The molecule has 25 heavy (non-hydrogen) atoms. The van der Waals surface area contributed by atoms with Crippen LogP contribution in [0.1, 0.15) is 12.5 Å². The molecule has 0 spiro atoms. The molecule has 0 aromatic heterocycles. The predicted molar refractivity (Wildman–Crippen MR) is 94.5 cm³/mol. The summed E-state index contributed by atoms with van der Waals surface area (Å²) < 4.78 is 15.7. The summed E-state index contributed by atoms with van der Waals surface area (Å²) in [6.07, 6.45) is 0.717. The Hall–Kier alpha value is -2.73. The fourth-order valence-corrected chi connectivity index (χ4v) is 2.29. The maximum absolute atomic E-state index is 12.1. The van der Waals surface area contributed by atoms with E-state index in [2.05, 4.69) is 5.32 Å². The van der Waals surface area contributed by atoms with E-state index in [-0.39, 0.29) is 11.5 Å². The van der Waals surface area contributed by atoms with Crippen molar-refractivity contribution >= 4 is 5.97 Å². The van der Waals surface area contributed by atoms with Gasteiger partial charge in [-0.1, -0.05) is 18.2 Å². The zero-order valence-corrected chi connectivity index (χ0v) is 14.6. The lowest BCUT2D eigenvalue weighted by molar-refractivity contribution is -0.136. The van der Waals surface area contributed by atoms with Gasteiger partial charge in [0.2, 0.25) is 0 Å². The fraction of sp³-hybridized carbons (Fsp3) is 0.316. The summed E-state index contributed by atoms with van der Waals surface area (Å²) in [4.78, 5) is 12.1. The van der Waals surface area contributed by atoms with Gasteiger partial charge in [0.1, 0.15) is 6.04 Å². The van der Waals surface area contributed by atoms with Gasteiger partial charge in [-0.2, -0.15) is 0 Å². The second kappa shape index (κ2) is 8.94. The molecule has 0 heterocycles. The molecule has 1 unspecified atom stereocenters. The number of hydrogen-bond acceptors (Lipinski definition) is 6. The standard InChI is InChI=1S/C19H23NO5/c1-13(19(22)25-16-7-5-4-6-15(16)21)20-11-10-14-8-9-17(23-2)18(12-14)24-3/h4-9,12-13,20-21H,10-11H2,1-3H3. The van der Waals surface area contributed by atoms with Crippen molar-refractivity contribution < 1.29 is 24.1 Å². The Labute approximate surface area is 147 Å². The Bertz CT molecular complexity index is 717. The van der Waals surface area contributed by atoms with Gasteiger partial charge < -0.3 is 24.6 Å². The van der Waals surface area contributed by atoms with Crippen molar-refractivity contribution in [2.75, 3.05) is 20.8 Å². The van der Waals surface area contributed by atoms with Gasteiger partial charge >= 0.3 is 5.97 Å². The Morgan fingerprint density at radius 1 is 1.08 bits per heavy atom. The van der Waals surface area contributed by atoms with Crippen LogP contribution in [0.15, 0.2) is 42.5 Å². The first-order valence-electron chi connectivity index (χ1n) is 7.99. The van der Waals surface area contributed by atoms with E-state index < -0.39 is 12.0 Å². The lowest BCUT2D eigenvalue weighted by Crippen LogP contribution is -2.38. The van der Waals surface area contributed by atoms with Crippen molar-refractivity contribution in [2.45, 2.75) is 19.4 Å². The first-order valence-corrected chi connectivity index (χ1v) is 7.99. The number of esters is 1. The summed E-state index contributed by atoms with van der Waals surface area (Å²) >= 11 is 0. The predicted octanol–water partition coefficient (Wildman–Crippen LogP) is 2.54. The molecule has 0 amide bonds. The van der Waals surface area contributed by atoms with Crippen molar-refractivity contribution in [1.29, 1.82) is 0 Å². The van der Waals surface area contributed by atoms with Crippen LogP contribution in [-0.4, -0.2) is 37.9 Å². The number of aromatic hydroxyl groups is 1. The quantitative estimate of drug-likeness (QED) is 0.566. The van der Waals surface area contributed by atoms with Crippen LogP contribution in [0, 0.1) is 0 Å². The van der Waals surface area contributed by atoms with Gasteiger partial charge in [-0.25, -0.2) is 4.79 Å². The zero-order valence-electron chi connectivity index (χ0n) is 14.6. The molecule has 2 N–H and O–H groups in total. The summed E-state index contributed by atoms with van der Waals surface area (Å²) in [6.45, 7) is 2.31. The molecule has 0 saturated carbocycles. The molecule has 0 aliphatic rings. The smallest absolute Gasteiger partial charge is 0.328 e. The number of carbonyl (C=O) groups is 1. The van der Waals surface area contributed by atoms with Gasteiger partial charge in [0, 0.05) is 0 Å². The van der Waals surface area contributed by atoms with E-state index in [0.29, 0.717) is 24.5 Å². The summed E-state index contributed by atoms with van der Waals surface area (Å²) in [5.74, 6) is 0.995. The second-order valence-corrected chi connectivity index (χ2v) is 5.50. The van der Waals surface area contributed by atoms with E-state index >= 15 is 0 Å². The summed E-state index contributed by atoms with van der Waals surface area (Å²) in [7, 11) is 3.19. The number of benzene rings is 2. The lowest BCUT2D eigenvalue weighted by atomic mass is 10.1. The van der Waals surface area contributed by atoms with Crippen LogP contribution in [0.4, 0.5) is 0 Å². The van der Waals surface area contributed by atoms with Crippen molar-refractivity contribution in [3.8, 4) is 23.0 Å². The van der Waals surface area contributed by atoms with Crippen molar-refractivity contribution in [2.24, 2.45) is 0 Å². The lowest BCUT2D eigenvalue weighted by Gasteiger charge is -2.14. The Balaban J connectivity index is 1.84. The molecule has 0 radical (unpaired) electrons. The van der Waals surface area contributed by atoms with Crippen molar-refractivity contribution in [3.05, 3.63) is 48.0 Å². The van der Waals surface area contributed by atoms with Crippen LogP contribution < -0.4 is 19.5 Å². The molecule has 0 aliphatic heterocycles. The van der Waals surface area contributed by atoms with E-state index in [4.69, 9.17) is 14.2 Å². The highest BCUT2D eigenvalue weighted by atomic mass is 16.5. The summed E-state index contributed by atoms with van der Waals surface area (Å²) in [5.41, 5.74) is 1.06. The maximum Gasteiger partial charge on any atom is 0.328 e. The SMILES string of the molecule is COc1ccc(CCNC(C)C(=O)Oc2ccccc2O)cc1OC. The third-order valence-electron chi connectivity index (χ3n) is 3.74.